The summed E-state index contributed by atoms with van der Waals surface area (Å²) < 4.78 is 4.87. The lowest BCUT2D eigenvalue weighted by Crippen LogP contribution is -2.15. The molecule has 23 heavy (non-hydrogen) atoms. The van der Waals surface area contributed by atoms with Gasteiger partial charge < -0.3 is 4.74 Å². The summed E-state index contributed by atoms with van der Waals surface area (Å²) >= 11 is 5.75. The number of hydrogen-bond donors (Lipinski definition) is 0. The standard InChI is InChI=1S/C15H11ClN2O5/c1-9-4-5-10(7-12(9)18(21)22)13(19)8-23-15(20)11-3-2-6-17-14(11)16/h2-7H,8H2,1H3. The van der Waals surface area contributed by atoms with Crippen LogP contribution in [0.4, 0.5) is 5.69 Å². The molecular formula is C15H11ClN2O5. The molecule has 0 aliphatic heterocycles. The van der Waals surface area contributed by atoms with Crippen molar-refractivity contribution in [2.24, 2.45) is 0 Å². The molecule has 0 fully saturated rings. The second kappa shape index (κ2) is 6.97. The van der Waals surface area contributed by atoms with Crippen molar-refractivity contribution >= 4 is 29.0 Å². The number of carbonyl (C=O) groups is 2. The third kappa shape index (κ3) is 3.89. The molecule has 0 atom stereocenters. The van der Waals surface area contributed by atoms with Gasteiger partial charge in [-0.15, -0.1) is 0 Å². The Labute approximate surface area is 136 Å². The van der Waals surface area contributed by atoms with E-state index in [-0.39, 0.29) is 22.0 Å². The van der Waals surface area contributed by atoms with Gasteiger partial charge >= 0.3 is 5.97 Å². The van der Waals surface area contributed by atoms with Crippen LogP contribution in [0.1, 0.15) is 26.3 Å². The second-order valence-electron chi connectivity index (χ2n) is 4.60. The Balaban J connectivity index is 2.08. The molecule has 0 aliphatic carbocycles. The number of carbonyl (C=O) groups excluding carboxylic acids is 2. The minimum absolute atomic E-state index is 0.0316. The highest BCUT2D eigenvalue weighted by Crippen LogP contribution is 2.20. The van der Waals surface area contributed by atoms with E-state index in [1.165, 1.54) is 30.5 Å². The molecule has 7 nitrogen and oxygen atoms in total. The fourth-order valence-electron chi connectivity index (χ4n) is 1.81. The molecule has 0 unspecified atom stereocenters. The van der Waals surface area contributed by atoms with E-state index < -0.39 is 23.3 Å². The smallest absolute Gasteiger partial charge is 0.341 e. The van der Waals surface area contributed by atoms with Gasteiger partial charge in [-0.3, -0.25) is 14.9 Å². The Kier molecular flexibility index (Phi) is 5.02. The van der Waals surface area contributed by atoms with Crippen LogP contribution in [0.3, 0.4) is 0 Å². The lowest BCUT2D eigenvalue weighted by Gasteiger charge is -2.06. The number of benzene rings is 1. The summed E-state index contributed by atoms with van der Waals surface area (Å²) in [4.78, 5) is 37.9. The Bertz CT molecular complexity index is 791. The van der Waals surface area contributed by atoms with E-state index in [2.05, 4.69) is 4.98 Å². The van der Waals surface area contributed by atoms with Gasteiger partial charge in [0.15, 0.2) is 6.61 Å². The number of pyridine rings is 1. The minimum Gasteiger partial charge on any atom is -0.454 e. The van der Waals surface area contributed by atoms with Crippen molar-refractivity contribution in [3.8, 4) is 0 Å². The first kappa shape index (κ1) is 16.6. The lowest BCUT2D eigenvalue weighted by atomic mass is 10.1. The number of ketones is 1. The zero-order chi connectivity index (χ0) is 17.0. The van der Waals surface area contributed by atoms with Crippen LogP contribution < -0.4 is 0 Å². The van der Waals surface area contributed by atoms with Gasteiger partial charge in [0.25, 0.3) is 5.69 Å². The maximum absolute atomic E-state index is 12.0. The highest BCUT2D eigenvalue weighted by molar-refractivity contribution is 6.32. The van der Waals surface area contributed by atoms with Gasteiger partial charge in [-0.1, -0.05) is 23.7 Å². The molecule has 0 radical (unpaired) electrons. The topological polar surface area (TPSA) is 99.4 Å². The Morgan fingerprint density at radius 2 is 2.09 bits per heavy atom. The number of aromatic nitrogens is 1. The number of nitro groups is 1. The maximum atomic E-state index is 12.0. The van der Waals surface area contributed by atoms with Crippen LogP contribution in [0.15, 0.2) is 36.5 Å². The van der Waals surface area contributed by atoms with E-state index in [1.54, 1.807) is 6.92 Å². The van der Waals surface area contributed by atoms with E-state index >= 15 is 0 Å². The molecule has 2 rings (SSSR count). The molecule has 0 saturated carbocycles. The van der Waals surface area contributed by atoms with Gasteiger partial charge in [0.05, 0.1) is 10.5 Å². The van der Waals surface area contributed by atoms with Gasteiger partial charge in [0.1, 0.15) is 5.15 Å². The van der Waals surface area contributed by atoms with E-state index in [0.717, 1.165) is 6.07 Å². The largest absolute Gasteiger partial charge is 0.454 e. The van der Waals surface area contributed by atoms with Crippen molar-refractivity contribution in [2.75, 3.05) is 6.61 Å². The summed E-state index contributed by atoms with van der Waals surface area (Å²) in [6.07, 6.45) is 1.41. The fourth-order valence-corrected chi connectivity index (χ4v) is 2.01. The Morgan fingerprint density at radius 3 is 2.74 bits per heavy atom. The first-order valence-corrected chi connectivity index (χ1v) is 6.84. The number of ether oxygens (including phenoxy) is 1. The van der Waals surface area contributed by atoms with Crippen LogP contribution in [-0.4, -0.2) is 28.3 Å². The third-order valence-electron chi connectivity index (χ3n) is 3.04. The highest BCUT2D eigenvalue weighted by Gasteiger charge is 2.18. The molecule has 2 aromatic rings. The van der Waals surface area contributed by atoms with Gasteiger partial charge in [0.2, 0.25) is 5.78 Å². The molecule has 0 aliphatic rings. The number of nitrogens with zero attached hydrogens (tertiary/aromatic N) is 2. The van der Waals surface area contributed by atoms with Crippen molar-refractivity contribution in [1.29, 1.82) is 0 Å². The van der Waals surface area contributed by atoms with Gasteiger partial charge in [-0.25, -0.2) is 9.78 Å². The summed E-state index contributed by atoms with van der Waals surface area (Å²) in [7, 11) is 0. The van der Waals surface area contributed by atoms with Crippen molar-refractivity contribution in [3.05, 3.63) is 68.5 Å². The zero-order valence-corrected chi connectivity index (χ0v) is 12.7. The van der Waals surface area contributed by atoms with Crippen molar-refractivity contribution in [3.63, 3.8) is 0 Å². The predicted octanol–water partition coefficient (Wildman–Crippen LogP) is 2.99. The quantitative estimate of drug-likeness (QED) is 0.274. The zero-order valence-electron chi connectivity index (χ0n) is 12.0. The molecule has 0 saturated heterocycles. The number of esters is 1. The van der Waals surface area contributed by atoms with E-state index in [0.29, 0.717) is 5.56 Å². The van der Waals surface area contributed by atoms with Crippen LogP contribution in [0.5, 0.6) is 0 Å². The van der Waals surface area contributed by atoms with E-state index in [1.807, 2.05) is 0 Å². The highest BCUT2D eigenvalue weighted by atomic mass is 35.5. The molecule has 0 N–H and O–H groups in total. The molecule has 1 aromatic carbocycles. The van der Waals surface area contributed by atoms with Crippen LogP contribution in [-0.2, 0) is 4.74 Å². The Morgan fingerprint density at radius 1 is 1.35 bits per heavy atom. The summed E-state index contributed by atoms with van der Waals surface area (Å²) in [5, 5.41) is 10.8. The van der Waals surface area contributed by atoms with Gasteiger partial charge in [0, 0.05) is 23.4 Å². The summed E-state index contributed by atoms with van der Waals surface area (Å²) in [6.45, 7) is 1.01. The molecule has 0 bridgehead atoms. The van der Waals surface area contributed by atoms with Crippen LogP contribution in [0.2, 0.25) is 5.15 Å². The molecule has 0 amide bonds. The van der Waals surface area contributed by atoms with Crippen LogP contribution >= 0.6 is 11.6 Å². The van der Waals surface area contributed by atoms with Crippen molar-refractivity contribution < 1.29 is 19.2 Å². The van der Waals surface area contributed by atoms with Crippen molar-refractivity contribution in [2.45, 2.75) is 6.92 Å². The summed E-state index contributed by atoms with van der Waals surface area (Å²) in [6, 6.07) is 6.98. The number of Topliss-reactive ketones (excluding diaryl/α,β-unsaturated/α-hetero) is 1. The average molecular weight is 335 g/mol. The Hall–Kier alpha value is -2.80. The molecule has 0 spiro atoms. The predicted molar refractivity (Wildman–Crippen MR) is 81.7 cm³/mol. The monoisotopic (exact) mass is 334 g/mol. The second-order valence-corrected chi connectivity index (χ2v) is 4.96. The van der Waals surface area contributed by atoms with Crippen molar-refractivity contribution in [1.82, 2.24) is 4.98 Å². The number of hydrogen-bond acceptors (Lipinski definition) is 6. The first-order valence-electron chi connectivity index (χ1n) is 6.46. The van der Waals surface area contributed by atoms with Crippen LogP contribution in [0.25, 0.3) is 0 Å². The number of halogens is 1. The van der Waals surface area contributed by atoms with E-state index in [9.17, 15) is 19.7 Å². The molecular weight excluding hydrogens is 324 g/mol. The summed E-state index contributed by atoms with van der Waals surface area (Å²) in [5.74, 6) is -1.35. The molecule has 1 heterocycles. The molecule has 8 heteroatoms. The SMILES string of the molecule is Cc1ccc(C(=O)COC(=O)c2cccnc2Cl)cc1[N+](=O)[O-]. The maximum Gasteiger partial charge on any atom is 0.341 e. The minimum atomic E-state index is -0.793. The molecule has 118 valence electrons. The van der Waals surface area contributed by atoms with Gasteiger partial charge in [-0.05, 0) is 19.1 Å². The number of nitro benzene ring substituents is 1. The third-order valence-corrected chi connectivity index (χ3v) is 3.34. The number of rotatable bonds is 5. The molecule has 1 aromatic heterocycles. The van der Waals surface area contributed by atoms with E-state index in [4.69, 9.17) is 16.3 Å². The summed E-state index contributed by atoms with van der Waals surface area (Å²) in [5.41, 5.74) is 0.396. The normalized spacial score (nSPS) is 10.2. The number of aryl methyl sites for hydroxylation is 1. The lowest BCUT2D eigenvalue weighted by molar-refractivity contribution is -0.385. The van der Waals surface area contributed by atoms with Gasteiger partial charge in [-0.2, -0.15) is 0 Å². The first-order chi connectivity index (χ1) is 10.9. The fraction of sp³-hybridized carbons (Fsp3) is 0.133. The average Bonchev–Trinajstić information content (AvgIpc) is 2.52. The van der Waals surface area contributed by atoms with Crippen LogP contribution in [0, 0.1) is 17.0 Å².